The number of aliphatic carboxylic acids is 1. The lowest BCUT2D eigenvalue weighted by molar-refractivity contribution is -0.139. The second kappa shape index (κ2) is 8.90. The predicted molar refractivity (Wildman–Crippen MR) is 114 cm³/mol. The van der Waals surface area contributed by atoms with Crippen molar-refractivity contribution in [2.24, 2.45) is 0 Å². The molecule has 0 aliphatic heterocycles. The van der Waals surface area contributed by atoms with Crippen LogP contribution in [-0.2, 0) is 22.6 Å². The number of H-pyrrole nitrogens is 1. The number of hydrogen-bond acceptors (Lipinski definition) is 4. The molecule has 3 aromatic rings. The molecule has 1 aromatic heterocycles. The van der Waals surface area contributed by atoms with Crippen LogP contribution >= 0.6 is 0 Å². The molecule has 0 aliphatic rings. The summed E-state index contributed by atoms with van der Waals surface area (Å²) in [6, 6.07) is 14.3. The van der Waals surface area contributed by atoms with Gasteiger partial charge in [0, 0.05) is 18.0 Å². The first-order valence-corrected chi connectivity index (χ1v) is 9.71. The number of hydrogen-bond donors (Lipinski definition) is 3. The number of rotatable bonds is 7. The zero-order valence-electron chi connectivity index (χ0n) is 17.3. The summed E-state index contributed by atoms with van der Waals surface area (Å²) in [6.45, 7) is 5.59. The number of aromatic amines is 1. The van der Waals surface area contributed by atoms with Crippen LogP contribution in [-0.4, -0.2) is 33.8 Å². The molecule has 0 fully saturated rings. The number of carbonyl (C=O) groups is 2. The highest BCUT2D eigenvalue weighted by Gasteiger charge is 2.25. The van der Waals surface area contributed by atoms with E-state index in [1.165, 1.54) is 0 Å². The predicted octanol–water partition coefficient (Wildman–Crippen LogP) is 4.27. The normalized spacial score (nSPS) is 12.4. The van der Waals surface area contributed by atoms with Gasteiger partial charge in [0.15, 0.2) is 0 Å². The summed E-state index contributed by atoms with van der Waals surface area (Å²) in [4.78, 5) is 26.9. The van der Waals surface area contributed by atoms with E-state index >= 15 is 0 Å². The summed E-state index contributed by atoms with van der Waals surface area (Å²) in [6.07, 6.45) is 1.09. The maximum Gasteiger partial charge on any atom is 0.408 e. The number of fused-ring (bicyclic) bond motifs is 1. The standard InChI is InChI=1S/C23H26N2O5/c1-23(2,3)30-22(28)25-18(21(26)27)12-16-13-24-20-17(16)10-7-11-19(20)29-14-15-8-5-4-6-9-15/h4-11,13,18,24H,12,14H2,1-3H3,(H,25,28)(H,26,27)/t18-/m0/s1. The van der Waals surface area contributed by atoms with Crippen LogP contribution in [0, 0.1) is 0 Å². The molecule has 1 amide bonds. The highest BCUT2D eigenvalue weighted by molar-refractivity contribution is 5.89. The first kappa shape index (κ1) is 21.2. The molecule has 0 unspecified atom stereocenters. The number of benzene rings is 2. The third kappa shape index (κ3) is 5.53. The van der Waals surface area contributed by atoms with Crippen molar-refractivity contribution in [1.82, 2.24) is 10.3 Å². The molecule has 2 aromatic carbocycles. The number of carboxylic acid groups (broad SMARTS) is 1. The van der Waals surface area contributed by atoms with Gasteiger partial charge in [-0.05, 0) is 38.0 Å². The number of amides is 1. The minimum absolute atomic E-state index is 0.108. The lowest BCUT2D eigenvalue weighted by atomic mass is 10.0. The van der Waals surface area contributed by atoms with Crippen LogP contribution in [0.15, 0.2) is 54.7 Å². The van der Waals surface area contributed by atoms with Gasteiger partial charge in [-0.1, -0.05) is 42.5 Å². The van der Waals surface area contributed by atoms with E-state index < -0.39 is 23.7 Å². The molecule has 0 radical (unpaired) electrons. The first-order valence-electron chi connectivity index (χ1n) is 9.71. The molecule has 0 saturated heterocycles. The van der Waals surface area contributed by atoms with Gasteiger partial charge >= 0.3 is 12.1 Å². The van der Waals surface area contributed by atoms with Gasteiger partial charge in [0.25, 0.3) is 0 Å². The monoisotopic (exact) mass is 410 g/mol. The van der Waals surface area contributed by atoms with Crippen molar-refractivity contribution in [3.63, 3.8) is 0 Å². The fourth-order valence-corrected chi connectivity index (χ4v) is 3.08. The Morgan fingerprint density at radius 2 is 1.83 bits per heavy atom. The van der Waals surface area contributed by atoms with Crippen LogP contribution in [0.25, 0.3) is 10.9 Å². The molecule has 7 nitrogen and oxygen atoms in total. The van der Waals surface area contributed by atoms with E-state index in [0.29, 0.717) is 12.4 Å². The van der Waals surface area contributed by atoms with Gasteiger partial charge in [0.1, 0.15) is 24.0 Å². The van der Waals surface area contributed by atoms with E-state index in [9.17, 15) is 14.7 Å². The largest absolute Gasteiger partial charge is 0.487 e. The molecular weight excluding hydrogens is 384 g/mol. The fraction of sp³-hybridized carbons (Fsp3) is 0.304. The highest BCUT2D eigenvalue weighted by atomic mass is 16.6. The van der Waals surface area contributed by atoms with Crippen LogP contribution in [0.5, 0.6) is 5.75 Å². The van der Waals surface area contributed by atoms with E-state index in [1.807, 2.05) is 48.5 Å². The zero-order valence-corrected chi connectivity index (χ0v) is 17.3. The Balaban J connectivity index is 1.75. The van der Waals surface area contributed by atoms with Gasteiger partial charge < -0.3 is 24.9 Å². The number of ether oxygens (including phenoxy) is 2. The summed E-state index contributed by atoms with van der Waals surface area (Å²) in [5.74, 6) is -0.457. The van der Waals surface area contributed by atoms with Crippen LogP contribution < -0.4 is 10.1 Å². The molecule has 0 aliphatic carbocycles. The topological polar surface area (TPSA) is 101 Å². The van der Waals surface area contributed by atoms with Crippen molar-refractivity contribution in [1.29, 1.82) is 0 Å². The van der Waals surface area contributed by atoms with Crippen LogP contribution in [0.1, 0.15) is 31.9 Å². The van der Waals surface area contributed by atoms with E-state index in [-0.39, 0.29) is 6.42 Å². The first-order chi connectivity index (χ1) is 14.2. The summed E-state index contributed by atoms with van der Waals surface area (Å²) in [7, 11) is 0. The summed E-state index contributed by atoms with van der Waals surface area (Å²) < 4.78 is 11.1. The van der Waals surface area contributed by atoms with Gasteiger partial charge in [-0.15, -0.1) is 0 Å². The molecule has 0 spiro atoms. The smallest absolute Gasteiger partial charge is 0.408 e. The summed E-state index contributed by atoms with van der Waals surface area (Å²) in [5.41, 5.74) is 1.89. The highest BCUT2D eigenvalue weighted by Crippen LogP contribution is 2.28. The third-order valence-electron chi connectivity index (χ3n) is 4.41. The SMILES string of the molecule is CC(C)(C)OC(=O)N[C@@H](Cc1c[nH]c2c(OCc3ccccc3)cccc12)C(=O)O. The number of aromatic nitrogens is 1. The Labute approximate surface area is 175 Å². The number of para-hydroxylation sites is 1. The Kier molecular flexibility index (Phi) is 6.30. The van der Waals surface area contributed by atoms with Gasteiger partial charge in [-0.2, -0.15) is 0 Å². The Morgan fingerprint density at radius 1 is 1.10 bits per heavy atom. The van der Waals surface area contributed by atoms with Gasteiger partial charge in [-0.3, -0.25) is 0 Å². The number of carbonyl (C=O) groups excluding carboxylic acids is 1. The van der Waals surface area contributed by atoms with E-state index in [4.69, 9.17) is 9.47 Å². The minimum Gasteiger partial charge on any atom is -0.487 e. The fourth-order valence-electron chi connectivity index (χ4n) is 3.08. The Hall–Kier alpha value is -3.48. The number of nitrogens with one attached hydrogen (secondary N) is 2. The molecule has 3 N–H and O–H groups in total. The lowest BCUT2D eigenvalue weighted by Crippen LogP contribution is -2.44. The van der Waals surface area contributed by atoms with Crippen molar-refractivity contribution < 1.29 is 24.2 Å². The average Bonchev–Trinajstić information content (AvgIpc) is 3.08. The van der Waals surface area contributed by atoms with Crippen molar-refractivity contribution in [2.45, 2.75) is 45.4 Å². The summed E-state index contributed by atoms with van der Waals surface area (Å²) in [5, 5.41) is 12.8. The molecule has 0 bridgehead atoms. The van der Waals surface area contributed by atoms with Crippen LogP contribution in [0.4, 0.5) is 4.79 Å². The lowest BCUT2D eigenvalue weighted by Gasteiger charge is -2.22. The quantitative estimate of drug-likeness (QED) is 0.540. The molecule has 30 heavy (non-hydrogen) atoms. The van der Waals surface area contributed by atoms with E-state index in [0.717, 1.165) is 22.0 Å². The molecular formula is C23H26N2O5. The molecule has 1 heterocycles. The van der Waals surface area contributed by atoms with Gasteiger partial charge in [0.2, 0.25) is 0 Å². The molecule has 3 rings (SSSR count). The van der Waals surface area contributed by atoms with Crippen molar-refractivity contribution in [3.05, 3.63) is 65.9 Å². The molecule has 1 atom stereocenters. The molecule has 7 heteroatoms. The number of carboxylic acids is 1. The van der Waals surface area contributed by atoms with E-state index in [2.05, 4.69) is 10.3 Å². The zero-order chi connectivity index (χ0) is 21.7. The third-order valence-corrected chi connectivity index (χ3v) is 4.41. The van der Waals surface area contributed by atoms with Gasteiger partial charge in [0.05, 0.1) is 5.52 Å². The average molecular weight is 410 g/mol. The Bertz CT molecular complexity index is 1020. The van der Waals surface area contributed by atoms with Crippen LogP contribution in [0.2, 0.25) is 0 Å². The summed E-state index contributed by atoms with van der Waals surface area (Å²) >= 11 is 0. The van der Waals surface area contributed by atoms with Crippen molar-refractivity contribution in [2.75, 3.05) is 0 Å². The van der Waals surface area contributed by atoms with Crippen molar-refractivity contribution >= 4 is 23.0 Å². The second-order valence-electron chi connectivity index (χ2n) is 8.01. The minimum atomic E-state index is -1.13. The Morgan fingerprint density at radius 3 is 2.50 bits per heavy atom. The second-order valence-corrected chi connectivity index (χ2v) is 8.01. The number of alkyl carbamates (subject to hydrolysis) is 1. The molecule has 158 valence electrons. The van der Waals surface area contributed by atoms with Crippen molar-refractivity contribution in [3.8, 4) is 5.75 Å². The maximum atomic E-state index is 12.0. The van der Waals surface area contributed by atoms with Crippen LogP contribution in [0.3, 0.4) is 0 Å². The van der Waals surface area contributed by atoms with Gasteiger partial charge in [-0.25, -0.2) is 9.59 Å². The molecule has 0 saturated carbocycles. The maximum absolute atomic E-state index is 12.0. The van der Waals surface area contributed by atoms with E-state index in [1.54, 1.807) is 27.0 Å².